The van der Waals surface area contributed by atoms with Gasteiger partial charge in [-0.15, -0.1) is 12.4 Å². The third-order valence-electron chi connectivity index (χ3n) is 5.74. The van der Waals surface area contributed by atoms with Crippen molar-refractivity contribution in [1.82, 2.24) is 9.97 Å². The Labute approximate surface area is 235 Å². The van der Waals surface area contributed by atoms with Gasteiger partial charge >= 0.3 is 5.97 Å². The fourth-order valence-electron chi connectivity index (χ4n) is 3.87. The van der Waals surface area contributed by atoms with Crippen molar-refractivity contribution in [3.63, 3.8) is 0 Å². The molecule has 212 valence electrons. The molecule has 1 aromatic heterocycles. The maximum atomic E-state index is 13.2. The second-order valence-corrected chi connectivity index (χ2v) is 10.9. The predicted molar refractivity (Wildman–Crippen MR) is 152 cm³/mol. The Morgan fingerprint density at radius 1 is 1.08 bits per heavy atom. The third-order valence-corrected chi connectivity index (χ3v) is 7.06. The Hall–Kier alpha value is -3.25. The average molecular weight is 579 g/mol. The first-order valence-electron chi connectivity index (χ1n) is 12.3. The predicted octanol–water partition coefficient (Wildman–Crippen LogP) is 4.37. The fraction of sp³-hybridized carbons (Fsp3) is 0.370. The molecule has 0 spiro atoms. The van der Waals surface area contributed by atoms with Crippen LogP contribution in [-0.2, 0) is 21.2 Å². The highest BCUT2D eigenvalue weighted by atomic mass is 35.5. The van der Waals surface area contributed by atoms with E-state index in [0.717, 1.165) is 22.8 Å². The van der Waals surface area contributed by atoms with E-state index in [-0.39, 0.29) is 54.0 Å². The van der Waals surface area contributed by atoms with E-state index in [1.54, 1.807) is 0 Å². The van der Waals surface area contributed by atoms with Gasteiger partial charge in [-0.05, 0) is 63.4 Å². The minimum absolute atomic E-state index is 0. The maximum Gasteiger partial charge on any atom is 0.335 e. The summed E-state index contributed by atoms with van der Waals surface area (Å²) in [5.74, 6) is -1.24. The zero-order chi connectivity index (χ0) is 28.0. The van der Waals surface area contributed by atoms with Crippen molar-refractivity contribution in [3.8, 4) is 17.1 Å². The highest BCUT2D eigenvalue weighted by molar-refractivity contribution is 7.92. The first-order valence-corrected chi connectivity index (χ1v) is 13.7. The smallest absolute Gasteiger partial charge is 0.335 e. The number of ether oxygens (including phenoxy) is 2. The number of aromatic nitrogens is 2. The van der Waals surface area contributed by atoms with Gasteiger partial charge in [-0.3, -0.25) is 0 Å². The minimum atomic E-state index is -4.21. The quantitative estimate of drug-likeness (QED) is 0.284. The monoisotopic (exact) mass is 578 g/mol. The third kappa shape index (κ3) is 8.12. The van der Waals surface area contributed by atoms with E-state index in [2.05, 4.69) is 14.7 Å². The van der Waals surface area contributed by atoms with Crippen LogP contribution in [0, 0.1) is 13.8 Å². The number of halogens is 1. The normalized spacial score (nSPS) is 12.1. The molecule has 0 saturated carbocycles. The van der Waals surface area contributed by atoms with Crippen LogP contribution >= 0.6 is 12.4 Å². The molecule has 0 aliphatic carbocycles. The molecule has 1 heterocycles. The molecule has 4 N–H and O–H groups in total. The number of nitrogens with one attached hydrogen (secondary N) is 1. The van der Waals surface area contributed by atoms with Gasteiger partial charge < -0.3 is 20.3 Å². The molecular weight excluding hydrogens is 544 g/mol. The van der Waals surface area contributed by atoms with Crippen molar-refractivity contribution in [2.24, 2.45) is 5.73 Å². The van der Waals surface area contributed by atoms with Crippen molar-refractivity contribution < 1.29 is 27.8 Å². The molecule has 0 aliphatic heterocycles. The fourth-order valence-corrected chi connectivity index (χ4v) is 4.86. The van der Waals surface area contributed by atoms with E-state index in [1.165, 1.54) is 18.2 Å². The Morgan fingerprint density at radius 3 is 2.31 bits per heavy atom. The van der Waals surface area contributed by atoms with Crippen molar-refractivity contribution >= 4 is 34.3 Å². The molecule has 2 aromatic carbocycles. The van der Waals surface area contributed by atoms with Crippen LogP contribution < -0.4 is 15.2 Å². The van der Waals surface area contributed by atoms with E-state index >= 15 is 0 Å². The van der Waals surface area contributed by atoms with Crippen LogP contribution in [0.25, 0.3) is 11.3 Å². The van der Waals surface area contributed by atoms with Gasteiger partial charge in [0.15, 0.2) is 0 Å². The summed E-state index contributed by atoms with van der Waals surface area (Å²) in [6.07, 6.45) is 0.534. The summed E-state index contributed by atoms with van der Waals surface area (Å²) in [6, 6.07) is 10.4. The number of hydrogen-bond acceptors (Lipinski definition) is 8. The Kier molecular flexibility index (Phi) is 11.2. The zero-order valence-corrected chi connectivity index (χ0v) is 24.2. The minimum Gasteiger partial charge on any atom is -0.478 e. The molecular formula is C27H35ClN4O6S. The summed E-state index contributed by atoms with van der Waals surface area (Å²) in [7, 11) is -4.21. The molecule has 0 bridgehead atoms. The topological polar surface area (TPSA) is 154 Å². The second-order valence-electron chi connectivity index (χ2n) is 9.19. The molecule has 0 saturated heterocycles. The van der Waals surface area contributed by atoms with E-state index in [9.17, 15) is 18.3 Å². The highest BCUT2D eigenvalue weighted by Gasteiger charge is 2.23. The summed E-state index contributed by atoms with van der Waals surface area (Å²) in [5.41, 5.74) is 9.99. The lowest BCUT2D eigenvalue weighted by Gasteiger charge is -2.20. The number of carbonyl (C=O) groups is 1. The van der Waals surface area contributed by atoms with Crippen molar-refractivity contribution in [2.45, 2.75) is 58.1 Å². The van der Waals surface area contributed by atoms with Crippen molar-refractivity contribution in [2.75, 3.05) is 17.9 Å². The van der Waals surface area contributed by atoms with Gasteiger partial charge in [-0.1, -0.05) is 31.2 Å². The van der Waals surface area contributed by atoms with Gasteiger partial charge in [-0.25, -0.2) is 22.9 Å². The van der Waals surface area contributed by atoms with E-state index < -0.39 is 22.0 Å². The van der Waals surface area contributed by atoms with Crippen LogP contribution in [0.15, 0.2) is 47.4 Å². The van der Waals surface area contributed by atoms with Crippen molar-refractivity contribution in [1.29, 1.82) is 0 Å². The summed E-state index contributed by atoms with van der Waals surface area (Å²) in [6.45, 7) is 10.0. The lowest BCUT2D eigenvalue weighted by atomic mass is 9.96. The summed E-state index contributed by atoms with van der Waals surface area (Å²) >= 11 is 0. The Bertz CT molecular complexity index is 1400. The van der Waals surface area contributed by atoms with E-state index in [0.29, 0.717) is 17.7 Å². The maximum absolute atomic E-state index is 13.2. The van der Waals surface area contributed by atoms with E-state index in [1.807, 2.05) is 52.8 Å². The molecule has 39 heavy (non-hydrogen) atoms. The number of nitrogens with zero attached hydrogens (tertiary/aromatic N) is 2. The Morgan fingerprint density at radius 2 is 1.72 bits per heavy atom. The number of carboxylic acid groups (broad SMARTS) is 1. The van der Waals surface area contributed by atoms with Crippen LogP contribution in [0.3, 0.4) is 0 Å². The van der Waals surface area contributed by atoms with Crippen LogP contribution in [0.4, 0.5) is 5.95 Å². The number of aromatic carboxylic acids is 1. The van der Waals surface area contributed by atoms with Gasteiger partial charge in [-0.2, -0.15) is 4.98 Å². The van der Waals surface area contributed by atoms with Crippen LogP contribution in [0.5, 0.6) is 5.88 Å². The first kappa shape index (κ1) is 32.0. The average Bonchev–Trinajstić information content (AvgIpc) is 2.85. The number of rotatable bonds is 12. The molecule has 0 radical (unpaired) electrons. The summed E-state index contributed by atoms with van der Waals surface area (Å²) < 4.78 is 40.3. The standard InChI is InChI=1S/C27H34N4O6S.ClH/c1-6-22-24(23-17(4)9-7-10-18(23)5)29-27(30-25(22)37-15-20(28)14-36-16(2)3)31-38(34,35)21-12-8-11-19(13-21)26(32)33;/h7-13,16,20H,6,14-15,28H2,1-5H3,(H,32,33)(H,29,30,31);1H/t20-;/m1./s1. The van der Waals surface area contributed by atoms with E-state index in [4.69, 9.17) is 15.2 Å². The van der Waals surface area contributed by atoms with Gasteiger partial charge in [0.25, 0.3) is 10.0 Å². The molecule has 3 aromatic rings. The van der Waals surface area contributed by atoms with Gasteiger partial charge in [0.2, 0.25) is 11.8 Å². The lowest BCUT2D eigenvalue weighted by molar-refractivity contribution is 0.0582. The number of anilines is 1. The molecule has 1 atom stereocenters. The number of hydrogen-bond donors (Lipinski definition) is 3. The van der Waals surface area contributed by atoms with Gasteiger partial charge in [0, 0.05) is 11.1 Å². The van der Waals surface area contributed by atoms with Crippen LogP contribution in [-0.4, -0.2) is 54.8 Å². The lowest BCUT2D eigenvalue weighted by Crippen LogP contribution is -2.34. The summed E-state index contributed by atoms with van der Waals surface area (Å²) in [4.78, 5) is 20.1. The molecule has 0 unspecified atom stereocenters. The number of carboxylic acids is 1. The SMILES string of the molecule is CCc1c(OC[C@H](N)COC(C)C)nc(NS(=O)(=O)c2cccc(C(=O)O)c2)nc1-c1c(C)cccc1C.Cl. The molecule has 12 heteroatoms. The molecule has 0 aliphatic rings. The van der Waals surface area contributed by atoms with Gasteiger partial charge in [0.05, 0.1) is 34.9 Å². The summed E-state index contributed by atoms with van der Waals surface area (Å²) in [5, 5.41) is 9.27. The van der Waals surface area contributed by atoms with Crippen LogP contribution in [0.2, 0.25) is 0 Å². The molecule has 0 amide bonds. The largest absolute Gasteiger partial charge is 0.478 e. The zero-order valence-electron chi connectivity index (χ0n) is 22.6. The van der Waals surface area contributed by atoms with Gasteiger partial charge in [0.1, 0.15) is 6.61 Å². The Balaban J connectivity index is 0.00000533. The number of sulfonamides is 1. The molecule has 3 rings (SSSR count). The number of benzene rings is 2. The highest BCUT2D eigenvalue weighted by Crippen LogP contribution is 2.34. The first-order chi connectivity index (χ1) is 17.9. The molecule has 10 nitrogen and oxygen atoms in total. The number of aryl methyl sites for hydroxylation is 2. The number of nitrogens with two attached hydrogens (primary N) is 1. The van der Waals surface area contributed by atoms with Crippen LogP contribution in [0.1, 0.15) is 47.8 Å². The second kappa shape index (κ2) is 13.7. The molecule has 0 fully saturated rings. The van der Waals surface area contributed by atoms with Crippen molar-refractivity contribution in [3.05, 3.63) is 64.7 Å².